The van der Waals surface area contributed by atoms with Gasteiger partial charge in [0.2, 0.25) is 0 Å². The molecule has 0 aliphatic heterocycles. The number of halogens is 3. The van der Waals surface area contributed by atoms with Crippen LogP contribution < -0.4 is 5.73 Å². The molecule has 0 bridgehead atoms. The van der Waals surface area contributed by atoms with Crippen molar-refractivity contribution in [3.05, 3.63) is 35.4 Å². The Balaban J connectivity index is 2.33. The van der Waals surface area contributed by atoms with Gasteiger partial charge in [-0.25, -0.2) is 0 Å². The lowest BCUT2D eigenvalue weighted by Crippen LogP contribution is -2.39. The molecule has 100 valence electrons. The second-order valence-electron chi connectivity index (χ2n) is 4.97. The minimum atomic E-state index is -4.39. The SMILES string of the molecule is NC1CCC[C@](O)(c2cccc(C(F)(F)F)c2)C1. The molecule has 0 radical (unpaired) electrons. The van der Waals surface area contributed by atoms with E-state index in [1.54, 1.807) is 0 Å². The van der Waals surface area contributed by atoms with E-state index in [1.807, 2.05) is 0 Å². The topological polar surface area (TPSA) is 46.2 Å². The predicted octanol–water partition coefficient (Wildman–Crippen LogP) is 2.79. The van der Waals surface area contributed by atoms with Gasteiger partial charge in [0.05, 0.1) is 11.2 Å². The van der Waals surface area contributed by atoms with Crippen molar-refractivity contribution in [2.45, 2.75) is 43.5 Å². The van der Waals surface area contributed by atoms with E-state index in [2.05, 4.69) is 0 Å². The molecule has 5 heteroatoms. The molecule has 1 saturated carbocycles. The summed E-state index contributed by atoms with van der Waals surface area (Å²) in [5.74, 6) is 0. The summed E-state index contributed by atoms with van der Waals surface area (Å²) in [5, 5.41) is 10.5. The average Bonchev–Trinajstić information content (AvgIpc) is 2.28. The summed E-state index contributed by atoms with van der Waals surface area (Å²) in [6.45, 7) is 0. The molecule has 1 unspecified atom stereocenters. The van der Waals surface area contributed by atoms with E-state index in [9.17, 15) is 18.3 Å². The van der Waals surface area contributed by atoms with Gasteiger partial charge in [-0.2, -0.15) is 13.2 Å². The summed E-state index contributed by atoms with van der Waals surface area (Å²) in [4.78, 5) is 0. The van der Waals surface area contributed by atoms with Gasteiger partial charge in [-0.1, -0.05) is 12.1 Å². The van der Waals surface area contributed by atoms with Gasteiger partial charge in [0.15, 0.2) is 0 Å². The maximum absolute atomic E-state index is 12.6. The molecule has 2 rings (SSSR count). The van der Waals surface area contributed by atoms with Gasteiger partial charge in [0.1, 0.15) is 0 Å². The van der Waals surface area contributed by atoms with Gasteiger partial charge < -0.3 is 10.8 Å². The minimum Gasteiger partial charge on any atom is -0.385 e. The maximum Gasteiger partial charge on any atom is 0.416 e. The molecule has 1 aromatic carbocycles. The van der Waals surface area contributed by atoms with Crippen molar-refractivity contribution in [3.63, 3.8) is 0 Å². The van der Waals surface area contributed by atoms with Gasteiger partial charge in [-0.15, -0.1) is 0 Å². The highest BCUT2D eigenvalue weighted by Crippen LogP contribution is 2.38. The average molecular weight is 259 g/mol. The smallest absolute Gasteiger partial charge is 0.385 e. The fraction of sp³-hybridized carbons (Fsp3) is 0.538. The van der Waals surface area contributed by atoms with Crippen LogP contribution in [0.5, 0.6) is 0 Å². The van der Waals surface area contributed by atoms with Crippen molar-refractivity contribution >= 4 is 0 Å². The van der Waals surface area contributed by atoms with Crippen molar-refractivity contribution in [3.8, 4) is 0 Å². The normalized spacial score (nSPS) is 29.3. The molecule has 1 aromatic rings. The van der Waals surface area contributed by atoms with Crippen LogP contribution in [0.15, 0.2) is 24.3 Å². The van der Waals surface area contributed by atoms with Crippen LogP contribution in [0.4, 0.5) is 13.2 Å². The molecular formula is C13H16F3NO. The lowest BCUT2D eigenvalue weighted by atomic mass is 9.77. The molecule has 1 aliphatic rings. The number of hydrogen-bond donors (Lipinski definition) is 2. The van der Waals surface area contributed by atoms with Crippen LogP contribution >= 0.6 is 0 Å². The lowest BCUT2D eigenvalue weighted by molar-refractivity contribution is -0.137. The highest BCUT2D eigenvalue weighted by atomic mass is 19.4. The van der Waals surface area contributed by atoms with Crippen molar-refractivity contribution in [1.29, 1.82) is 0 Å². The van der Waals surface area contributed by atoms with E-state index in [1.165, 1.54) is 12.1 Å². The van der Waals surface area contributed by atoms with Crippen LogP contribution in [-0.2, 0) is 11.8 Å². The Morgan fingerprint density at radius 1 is 1.33 bits per heavy atom. The third-order valence-corrected chi connectivity index (χ3v) is 3.49. The summed E-state index contributed by atoms with van der Waals surface area (Å²) >= 11 is 0. The van der Waals surface area contributed by atoms with Crippen molar-refractivity contribution in [1.82, 2.24) is 0 Å². The van der Waals surface area contributed by atoms with Gasteiger partial charge in [-0.05, 0) is 43.4 Å². The molecule has 0 aromatic heterocycles. The molecule has 0 saturated heterocycles. The highest BCUT2D eigenvalue weighted by molar-refractivity contribution is 5.30. The van der Waals surface area contributed by atoms with Crippen molar-refractivity contribution in [2.75, 3.05) is 0 Å². The molecule has 0 amide bonds. The number of nitrogens with two attached hydrogens (primary N) is 1. The molecule has 0 spiro atoms. The zero-order valence-corrected chi connectivity index (χ0v) is 9.87. The third kappa shape index (κ3) is 2.67. The van der Waals surface area contributed by atoms with E-state index in [0.717, 1.165) is 25.0 Å². The van der Waals surface area contributed by atoms with Crippen LogP contribution in [0.3, 0.4) is 0 Å². The van der Waals surface area contributed by atoms with E-state index < -0.39 is 17.3 Å². The van der Waals surface area contributed by atoms with Gasteiger partial charge in [0.25, 0.3) is 0 Å². The van der Waals surface area contributed by atoms with Crippen LogP contribution in [0.25, 0.3) is 0 Å². The molecule has 1 aliphatic carbocycles. The summed E-state index contributed by atoms with van der Waals surface area (Å²) in [6, 6.07) is 4.75. The Hall–Kier alpha value is -1.07. The van der Waals surface area contributed by atoms with Gasteiger partial charge in [0, 0.05) is 6.04 Å². The first-order valence-corrected chi connectivity index (χ1v) is 5.97. The zero-order chi connectivity index (χ0) is 13.4. The Morgan fingerprint density at radius 3 is 2.67 bits per heavy atom. The van der Waals surface area contributed by atoms with E-state index >= 15 is 0 Å². The monoisotopic (exact) mass is 259 g/mol. The van der Waals surface area contributed by atoms with Crippen LogP contribution in [-0.4, -0.2) is 11.1 Å². The summed E-state index contributed by atoms with van der Waals surface area (Å²) in [7, 11) is 0. The number of aliphatic hydroxyl groups is 1. The van der Waals surface area contributed by atoms with Gasteiger partial charge >= 0.3 is 6.18 Å². The third-order valence-electron chi connectivity index (χ3n) is 3.49. The molecule has 1 fully saturated rings. The van der Waals surface area contributed by atoms with E-state index in [4.69, 9.17) is 5.73 Å². The molecule has 0 heterocycles. The first-order chi connectivity index (χ1) is 8.31. The quantitative estimate of drug-likeness (QED) is 0.814. The minimum absolute atomic E-state index is 0.154. The lowest BCUT2D eigenvalue weighted by Gasteiger charge is -2.36. The summed E-state index contributed by atoms with van der Waals surface area (Å²) in [5.41, 5.74) is 4.15. The highest BCUT2D eigenvalue weighted by Gasteiger charge is 2.37. The number of hydrogen-bond acceptors (Lipinski definition) is 2. The predicted molar refractivity (Wildman–Crippen MR) is 61.8 cm³/mol. The summed E-state index contributed by atoms with van der Waals surface area (Å²) < 4.78 is 37.9. The number of benzene rings is 1. The molecule has 2 nitrogen and oxygen atoms in total. The standard InChI is InChI=1S/C13H16F3NO/c14-13(15,16)10-4-1-3-9(7-10)12(18)6-2-5-11(17)8-12/h1,3-4,7,11,18H,2,5-6,8,17H2/t11?,12-/m1/s1. The number of rotatable bonds is 1. The Labute approximate surface area is 104 Å². The fourth-order valence-electron chi connectivity index (χ4n) is 2.54. The van der Waals surface area contributed by atoms with Crippen LogP contribution in [0.1, 0.15) is 36.8 Å². The van der Waals surface area contributed by atoms with Crippen LogP contribution in [0.2, 0.25) is 0 Å². The molecule has 18 heavy (non-hydrogen) atoms. The molecule has 3 N–H and O–H groups in total. The fourth-order valence-corrected chi connectivity index (χ4v) is 2.54. The van der Waals surface area contributed by atoms with E-state index in [-0.39, 0.29) is 6.04 Å². The summed E-state index contributed by atoms with van der Waals surface area (Å²) in [6.07, 6.45) is -2.07. The Bertz CT molecular complexity index is 432. The first-order valence-electron chi connectivity index (χ1n) is 5.97. The second-order valence-corrected chi connectivity index (χ2v) is 4.97. The molecule has 2 atom stereocenters. The largest absolute Gasteiger partial charge is 0.416 e. The van der Waals surface area contributed by atoms with Crippen molar-refractivity contribution in [2.24, 2.45) is 5.73 Å². The second kappa shape index (κ2) is 4.55. The number of alkyl halides is 3. The zero-order valence-electron chi connectivity index (χ0n) is 9.87. The van der Waals surface area contributed by atoms with Gasteiger partial charge in [-0.3, -0.25) is 0 Å². The Kier molecular flexibility index (Phi) is 3.38. The van der Waals surface area contributed by atoms with Crippen molar-refractivity contribution < 1.29 is 18.3 Å². The van der Waals surface area contributed by atoms with Crippen LogP contribution in [0, 0.1) is 0 Å². The molecular weight excluding hydrogens is 243 g/mol. The first kappa shape index (κ1) is 13.4. The maximum atomic E-state index is 12.6. The Morgan fingerprint density at radius 2 is 2.06 bits per heavy atom. The van der Waals surface area contributed by atoms with E-state index in [0.29, 0.717) is 18.4 Å².